The third-order valence-electron chi connectivity index (χ3n) is 3.61. The molecule has 8 nitrogen and oxygen atoms in total. The van der Waals surface area contributed by atoms with E-state index in [0.29, 0.717) is 11.3 Å². The highest BCUT2D eigenvalue weighted by Crippen LogP contribution is 2.20. The fourth-order valence-electron chi connectivity index (χ4n) is 2.32. The van der Waals surface area contributed by atoms with Crippen LogP contribution in [0, 0.1) is 0 Å². The molecular weight excluding hydrogens is 378 g/mol. The van der Waals surface area contributed by atoms with Crippen LogP contribution in [-0.4, -0.2) is 38.0 Å². The molecular formula is C21H19NO7. The molecule has 150 valence electrons. The van der Waals surface area contributed by atoms with Crippen LogP contribution in [0.2, 0.25) is 0 Å². The topological polar surface area (TPSA) is 108 Å². The van der Waals surface area contributed by atoms with E-state index in [0.717, 1.165) is 0 Å². The van der Waals surface area contributed by atoms with Gasteiger partial charge in [0.25, 0.3) is 0 Å². The standard InChI is InChI=1S/C21H19NO7/c1-13(23)22-17-7-4-14(5-8-17)6-9-19(24)29-18-11-15(20(25)27-2)10-16(12-18)21(26)28-3/h4-12H,1-3H3,(H,22,23)/b9-6+. The highest BCUT2D eigenvalue weighted by Gasteiger charge is 2.15. The minimum atomic E-state index is -0.714. The Balaban J connectivity index is 2.14. The minimum absolute atomic E-state index is 0.0102. The van der Waals surface area contributed by atoms with Crippen molar-refractivity contribution in [3.05, 3.63) is 65.2 Å². The average Bonchev–Trinajstić information content (AvgIpc) is 2.71. The van der Waals surface area contributed by atoms with Crippen molar-refractivity contribution in [2.75, 3.05) is 19.5 Å². The molecule has 0 unspecified atom stereocenters. The van der Waals surface area contributed by atoms with Gasteiger partial charge in [-0.25, -0.2) is 14.4 Å². The summed E-state index contributed by atoms with van der Waals surface area (Å²) in [7, 11) is 2.39. The Morgan fingerprint density at radius 2 is 1.41 bits per heavy atom. The zero-order valence-electron chi connectivity index (χ0n) is 16.1. The number of esters is 3. The number of ether oxygens (including phenoxy) is 3. The lowest BCUT2D eigenvalue weighted by molar-refractivity contribution is -0.128. The molecule has 0 aliphatic carbocycles. The van der Waals surface area contributed by atoms with Gasteiger partial charge in [-0.05, 0) is 42.0 Å². The van der Waals surface area contributed by atoms with Crippen molar-refractivity contribution in [3.8, 4) is 5.75 Å². The van der Waals surface area contributed by atoms with Crippen LogP contribution in [0.3, 0.4) is 0 Å². The first-order chi connectivity index (χ1) is 13.8. The first-order valence-electron chi connectivity index (χ1n) is 8.41. The lowest BCUT2D eigenvalue weighted by Gasteiger charge is -2.07. The first kappa shape index (κ1) is 21.4. The maximum atomic E-state index is 12.1. The molecule has 0 fully saturated rings. The molecule has 1 amide bonds. The molecule has 2 aromatic carbocycles. The van der Waals surface area contributed by atoms with Gasteiger partial charge in [0.15, 0.2) is 0 Å². The lowest BCUT2D eigenvalue weighted by atomic mass is 10.1. The third-order valence-corrected chi connectivity index (χ3v) is 3.61. The molecule has 0 bridgehead atoms. The number of carbonyl (C=O) groups is 4. The number of rotatable bonds is 6. The molecule has 0 aliphatic rings. The van der Waals surface area contributed by atoms with Crippen molar-refractivity contribution in [1.29, 1.82) is 0 Å². The summed E-state index contributed by atoms with van der Waals surface area (Å²) in [6, 6.07) is 10.6. The summed E-state index contributed by atoms with van der Waals surface area (Å²) in [6.45, 7) is 1.41. The van der Waals surface area contributed by atoms with E-state index >= 15 is 0 Å². The predicted octanol–water partition coefficient (Wildman–Crippen LogP) is 2.84. The monoisotopic (exact) mass is 397 g/mol. The Morgan fingerprint density at radius 1 is 0.862 bits per heavy atom. The largest absolute Gasteiger partial charge is 0.465 e. The Morgan fingerprint density at radius 3 is 1.90 bits per heavy atom. The van der Waals surface area contributed by atoms with Crippen molar-refractivity contribution in [2.24, 2.45) is 0 Å². The van der Waals surface area contributed by atoms with E-state index in [1.807, 2.05) is 0 Å². The summed E-state index contributed by atoms with van der Waals surface area (Å²) >= 11 is 0. The van der Waals surface area contributed by atoms with Crippen molar-refractivity contribution in [1.82, 2.24) is 0 Å². The van der Waals surface area contributed by atoms with Gasteiger partial charge in [0.1, 0.15) is 5.75 Å². The molecule has 0 saturated heterocycles. The highest BCUT2D eigenvalue weighted by molar-refractivity contribution is 5.97. The molecule has 0 aliphatic heterocycles. The van der Waals surface area contributed by atoms with Crippen molar-refractivity contribution < 1.29 is 33.4 Å². The molecule has 0 heterocycles. The van der Waals surface area contributed by atoms with Crippen LogP contribution in [0.4, 0.5) is 5.69 Å². The Kier molecular flexibility index (Phi) is 7.25. The van der Waals surface area contributed by atoms with Crippen LogP contribution in [-0.2, 0) is 19.1 Å². The summed E-state index contributed by atoms with van der Waals surface area (Å²) in [4.78, 5) is 46.6. The number of nitrogens with one attached hydrogen (secondary N) is 1. The van der Waals surface area contributed by atoms with Gasteiger partial charge < -0.3 is 19.5 Å². The van der Waals surface area contributed by atoms with Crippen molar-refractivity contribution in [2.45, 2.75) is 6.92 Å². The van der Waals surface area contributed by atoms with Crippen LogP contribution < -0.4 is 10.1 Å². The third kappa shape index (κ3) is 6.31. The van der Waals surface area contributed by atoms with Crippen LogP contribution in [0.15, 0.2) is 48.5 Å². The lowest BCUT2D eigenvalue weighted by Crippen LogP contribution is -2.09. The Hall–Kier alpha value is -3.94. The zero-order valence-corrected chi connectivity index (χ0v) is 16.1. The number of amides is 1. The summed E-state index contributed by atoms with van der Waals surface area (Å²) in [6.07, 6.45) is 2.71. The minimum Gasteiger partial charge on any atom is -0.465 e. The number of hydrogen-bond acceptors (Lipinski definition) is 7. The van der Waals surface area contributed by atoms with Gasteiger partial charge in [0, 0.05) is 18.7 Å². The van der Waals surface area contributed by atoms with Gasteiger partial charge in [0.05, 0.1) is 25.3 Å². The van der Waals surface area contributed by atoms with Crippen LogP contribution >= 0.6 is 0 Å². The summed E-state index contributed by atoms with van der Waals surface area (Å²) in [5, 5.41) is 2.64. The predicted molar refractivity (Wildman–Crippen MR) is 105 cm³/mol. The molecule has 2 rings (SSSR count). The van der Waals surface area contributed by atoms with Crippen molar-refractivity contribution in [3.63, 3.8) is 0 Å². The van der Waals surface area contributed by atoms with Gasteiger partial charge in [0.2, 0.25) is 5.91 Å². The van der Waals surface area contributed by atoms with Crippen LogP contribution in [0.5, 0.6) is 5.75 Å². The maximum absolute atomic E-state index is 12.1. The molecule has 1 N–H and O–H groups in total. The Labute approximate surface area is 167 Å². The Bertz CT molecular complexity index is 927. The van der Waals surface area contributed by atoms with E-state index in [1.54, 1.807) is 24.3 Å². The number of carbonyl (C=O) groups excluding carboxylic acids is 4. The van der Waals surface area contributed by atoms with Crippen molar-refractivity contribution >= 4 is 35.6 Å². The quantitative estimate of drug-likeness (QED) is 0.454. The van der Waals surface area contributed by atoms with Crippen LogP contribution in [0.1, 0.15) is 33.2 Å². The summed E-state index contributed by atoms with van der Waals surface area (Å²) in [5.41, 5.74) is 1.41. The highest BCUT2D eigenvalue weighted by atomic mass is 16.5. The molecule has 0 atom stereocenters. The van der Waals surface area contributed by atoms with E-state index in [2.05, 4.69) is 14.8 Å². The molecule has 0 aromatic heterocycles. The molecule has 2 aromatic rings. The fourth-order valence-corrected chi connectivity index (χ4v) is 2.32. The van der Waals surface area contributed by atoms with Gasteiger partial charge in [-0.15, -0.1) is 0 Å². The fraction of sp³-hybridized carbons (Fsp3) is 0.143. The average molecular weight is 397 g/mol. The SMILES string of the molecule is COC(=O)c1cc(OC(=O)/C=C/c2ccc(NC(C)=O)cc2)cc(C(=O)OC)c1. The molecule has 0 radical (unpaired) electrons. The number of hydrogen-bond donors (Lipinski definition) is 1. The van der Waals surface area contributed by atoms with E-state index < -0.39 is 17.9 Å². The number of anilines is 1. The second kappa shape index (κ2) is 9.84. The normalized spacial score (nSPS) is 10.3. The van der Waals surface area contributed by atoms with E-state index in [9.17, 15) is 19.2 Å². The van der Waals surface area contributed by atoms with Gasteiger partial charge in [-0.1, -0.05) is 12.1 Å². The molecule has 29 heavy (non-hydrogen) atoms. The number of methoxy groups -OCH3 is 2. The zero-order chi connectivity index (χ0) is 21.4. The molecule has 0 spiro atoms. The van der Waals surface area contributed by atoms with E-state index in [1.165, 1.54) is 51.5 Å². The second-order valence-corrected chi connectivity index (χ2v) is 5.79. The molecule has 0 saturated carbocycles. The summed E-state index contributed by atoms with van der Waals surface area (Å²) < 4.78 is 14.4. The first-order valence-corrected chi connectivity index (χ1v) is 8.41. The summed E-state index contributed by atoms with van der Waals surface area (Å²) in [5.74, 6) is -2.29. The van der Waals surface area contributed by atoms with E-state index in [-0.39, 0.29) is 22.8 Å². The van der Waals surface area contributed by atoms with Gasteiger partial charge in [-0.3, -0.25) is 4.79 Å². The second-order valence-electron chi connectivity index (χ2n) is 5.79. The molecule has 8 heteroatoms. The van der Waals surface area contributed by atoms with Gasteiger partial charge in [-0.2, -0.15) is 0 Å². The smallest absolute Gasteiger partial charge is 0.338 e. The maximum Gasteiger partial charge on any atom is 0.338 e. The van der Waals surface area contributed by atoms with E-state index in [4.69, 9.17) is 4.74 Å². The number of benzene rings is 2. The van der Waals surface area contributed by atoms with Crippen LogP contribution in [0.25, 0.3) is 6.08 Å². The van der Waals surface area contributed by atoms with Gasteiger partial charge >= 0.3 is 17.9 Å².